The molecule has 0 spiro atoms. The number of carboxylic acids is 2. The Morgan fingerprint density at radius 3 is 2.17 bits per heavy atom. The van der Waals surface area contributed by atoms with Crippen LogP contribution in [0.3, 0.4) is 0 Å². The lowest BCUT2D eigenvalue weighted by Crippen LogP contribution is -2.47. The first-order valence-electron chi connectivity index (χ1n) is 11.2. The Balaban J connectivity index is 2.31. The molecule has 186 valence electrons. The average molecular weight is 484 g/mol. The first kappa shape index (κ1) is 27.0. The van der Waals surface area contributed by atoms with Crippen LogP contribution in [-0.2, 0) is 25.6 Å². The lowest BCUT2D eigenvalue weighted by atomic mass is 10.0. The monoisotopic (exact) mass is 483 g/mol. The van der Waals surface area contributed by atoms with Crippen molar-refractivity contribution in [1.82, 2.24) is 10.6 Å². The molecule has 2 aromatic rings. The predicted octanol–water partition coefficient (Wildman–Crippen LogP) is 2.49. The van der Waals surface area contributed by atoms with Crippen LogP contribution in [-0.4, -0.2) is 52.5 Å². The number of hydrogen-bond acceptors (Lipinski definition) is 5. The lowest BCUT2D eigenvalue weighted by Gasteiger charge is -2.23. The van der Waals surface area contributed by atoms with Gasteiger partial charge in [0.2, 0.25) is 11.8 Å². The van der Waals surface area contributed by atoms with E-state index in [0.717, 1.165) is 24.2 Å². The number of aliphatic carboxylic acids is 1. The summed E-state index contributed by atoms with van der Waals surface area (Å²) in [6, 6.07) is 10.8. The van der Waals surface area contributed by atoms with E-state index in [4.69, 9.17) is 0 Å². The summed E-state index contributed by atoms with van der Waals surface area (Å²) >= 11 is 0. The fourth-order valence-corrected chi connectivity index (χ4v) is 3.49. The molecule has 0 aliphatic rings. The zero-order valence-corrected chi connectivity index (χ0v) is 19.6. The largest absolute Gasteiger partial charge is 0.478 e. The molecular weight excluding hydrogens is 454 g/mol. The van der Waals surface area contributed by atoms with Crippen molar-refractivity contribution in [1.29, 1.82) is 0 Å². The van der Waals surface area contributed by atoms with E-state index in [1.54, 1.807) is 12.1 Å². The van der Waals surface area contributed by atoms with E-state index in [1.807, 2.05) is 0 Å². The minimum Gasteiger partial charge on any atom is -0.478 e. The van der Waals surface area contributed by atoms with Crippen LogP contribution < -0.4 is 15.5 Å². The first-order valence-corrected chi connectivity index (χ1v) is 11.2. The highest BCUT2D eigenvalue weighted by Gasteiger charge is 2.28. The van der Waals surface area contributed by atoms with Gasteiger partial charge in [-0.1, -0.05) is 44.0 Å². The van der Waals surface area contributed by atoms with E-state index in [9.17, 15) is 34.2 Å². The normalized spacial score (nSPS) is 11.3. The molecule has 0 heterocycles. The molecule has 3 amide bonds. The molecule has 1 atom stereocenters. The van der Waals surface area contributed by atoms with Crippen LogP contribution in [0.5, 0.6) is 0 Å². The van der Waals surface area contributed by atoms with Gasteiger partial charge >= 0.3 is 17.8 Å². The number of rotatable bonds is 11. The Bertz CT molecular complexity index is 1080. The Morgan fingerprint density at radius 2 is 1.60 bits per heavy atom. The van der Waals surface area contributed by atoms with Crippen molar-refractivity contribution in [3.05, 3.63) is 59.7 Å². The Kier molecular flexibility index (Phi) is 9.95. The number of aromatic carboxylic acids is 1. The van der Waals surface area contributed by atoms with Gasteiger partial charge in [-0.3, -0.25) is 19.3 Å². The molecule has 10 heteroatoms. The van der Waals surface area contributed by atoms with Crippen LogP contribution in [0, 0.1) is 0 Å². The van der Waals surface area contributed by atoms with Gasteiger partial charge < -0.3 is 20.8 Å². The Hall–Kier alpha value is -4.21. The van der Waals surface area contributed by atoms with Crippen LogP contribution in [0.2, 0.25) is 0 Å². The molecule has 2 rings (SSSR count). The number of carbonyl (C=O) groups excluding carboxylic acids is 3. The Labute approximate surface area is 202 Å². The molecule has 4 N–H and O–H groups in total. The number of unbranched alkanes of at least 4 members (excludes halogenated alkanes) is 2. The summed E-state index contributed by atoms with van der Waals surface area (Å²) in [6.45, 7) is 3.86. The molecular formula is C25H29N3O7. The third-order valence-electron chi connectivity index (χ3n) is 5.17. The number of hydrogen-bond donors (Lipinski definition) is 4. The van der Waals surface area contributed by atoms with Gasteiger partial charge in [0.05, 0.1) is 11.3 Å². The third-order valence-corrected chi connectivity index (χ3v) is 5.17. The van der Waals surface area contributed by atoms with Gasteiger partial charge in [-0.25, -0.2) is 9.59 Å². The van der Waals surface area contributed by atoms with Crippen molar-refractivity contribution in [2.24, 2.45) is 0 Å². The fourth-order valence-electron chi connectivity index (χ4n) is 3.49. The SMILES string of the molecule is CCCCCNC(=O)C(Cc1ccc(N(C(=O)C(=O)O)c2ccccc2C(=O)O)cc1)NC(C)=O. The number of amides is 3. The molecule has 0 saturated heterocycles. The minimum absolute atomic E-state index is 0.0947. The molecule has 0 fully saturated rings. The van der Waals surface area contributed by atoms with E-state index in [1.165, 1.54) is 43.3 Å². The van der Waals surface area contributed by atoms with Crippen molar-refractivity contribution in [3.8, 4) is 0 Å². The predicted molar refractivity (Wildman–Crippen MR) is 128 cm³/mol. The second-order valence-corrected chi connectivity index (χ2v) is 7.89. The first-order chi connectivity index (χ1) is 16.6. The van der Waals surface area contributed by atoms with E-state index in [2.05, 4.69) is 17.6 Å². The molecule has 0 aliphatic carbocycles. The number of carbonyl (C=O) groups is 5. The van der Waals surface area contributed by atoms with E-state index < -0.39 is 23.9 Å². The fraction of sp³-hybridized carbons (Fsp3) is 0.320. The van der Waals surface area contributed by atoms with E-state index in [0.29, 0.717) is 12.1 Å². The average Bonchev–Trinajstić information content (AvgIpc) is 2.82. The smallest absolute Gasteiger partial charge is 0.395 e. The molecule has 0 radical (unpaired) electrons. The molecule has 0 aliphatic heterocycles. The van der Waals surface area contributed by atoms with Crippen LogP contribution >= 0.6 is 0 Å². The van der Waals surface area contributed by atoms with Crippen molar-refractivity contribution in [2.45, 2.75) is 45.6 Å². The summed E-state index contributed by atoms with van der Waals surface area (Å²) in [4.78, 5) is 60.6. The van der Waals surface area contributed by atoms with Gasteiger partial charge in [0, 0.05) is 25.6 Å². The minimum atomic E-state index is -1.75. The summed E-state index contributed by atoms with van der Waals surface area (Å²) in [7, 11) is 0. The maximum absolute atomic E-state index is 12.6. The molecule has 0 aromatic heterocycles. The van der Waals surface area contributed by atoms with Gasteiger partial charge in [0.25, 0.3) is 0 Å². The van der Waals surface area contributed by atoms with Crippen LogP contribution in [0.25, 0.3) is 0 Å². The molecule has 0 saturated carbocycles. The van der Waals surface area contributed by atoms with E-state index in [-0.39, 0.29) is 35.2 Å². The third kappa shape index (κ3) is 7.66. The molecule has 10 nitrogen and oxygen atoms in total. The lowest BCUT2D eigenvalue weighted by molar-refractivity contribution is -0.148. The number of nitrogens with one attached hydrogen (secondary N) is 2. The summed E-state index contributed by atoms with van der Waals surface area (Å²) in [6.07, 6.45) is 2.98. The van der Waals surface area contributed by atoms with Gasteiger partial charge in [0.1, 0.15) is 6.04 Å². The second-order valence-electron chi connectivity index (χ2n) is 7.89. The van der Waals surface area contributed by atoms with Crippen molar-refractivity contribution in [2.75, 3.05) is 11.4 Å². The quantitative estimate of drug-likeness (QED) is 0.283. The summed E-state index contributed by atoms with van der Waals surface area (Å²) < 4.78 is 0. The van der Waals surface area contributed by atoms with Crippen molar-refractivity contribution in [3.63, 3.8) is 0 Å². The Morgan fingerprint density at radius 1 is 0.943 bits per heavy atom. The maximum atomic E-state index is 12.6. The van der Waals surface area contributed by atoms with Gasteiger partial charge in [-0.15, -0.1) is 0 Å². The van der Waals surface area contributed by atoms with E-state index >= 15 is 0 Å². The highest BCUT2D eigenvalue weighted by atomic mass is 16.4. The molecule has 35 heavy (non-hydrogen) atoms. The number of benzene rings is 2. The maximum Gasteiger partial charge on any atom is 0.395 e. The summed E-state index contributed by atoms with van der Waals surface area (Å²) in [5.41, 5.74) is 0.444. The zero-order chi connectivity index (χ0) is 26.0. The summed E-state index contributed by atoms with van der Waals surface area (Å²) in [5, 5.41) is 24.2. The van der Waals surface area contributed by atoms with Crippen LogP contribution in [0.1, 0.15) is 49.0 Å². The van der Waals surface area contributed by atoms with Crippen molar-refractivity contribution >= 4 is 41.0 Å². The number of anilines is 2. The zero-order valence-electron chi connectivity index (χ0n) is 19.6. The standard InChI is InChI=1S/C25H29N3O7/c1-3-4-7-14-26-22(30)20(27-16(2)29)15-17-10-12-18(13-11-17)28(23(31)25(34)35)21-9-6-5-8-19(21)24(32)33/h5-6,8-13,20H,3-4,7,14-15H2,1-2H3,(H,26,30)(H,27,29)(H,32,33)(H,34,35). The van der Waals surface area contributed by atoms with Crippen LogP contribution in [0.4, 0.5) is 11.4 Å². The number of carboxylic acid groups (broad SMARTS) is 2. The molecule has 2 aromatic carbocycles. The van der Waals surface area contributed by atoms with Gasteiger partial charge in [-0.05, 0) is 36.2 Å². The van der Waals surface area contributed by atoms with Crippen molar-refractivity contribution < 1.29 is 34.2 Å². The van der Waals surface area contributed by atoms with Crippen LogP contribution in [0.15, 0.2) is 48.5 Å². The highest BCUT2D eigenvalue weighted by molar-refractivity contribution is 6.39. The highest BCUT2D eigenvalue weighted by Crippen LogP contribution is 2.29. The van der Waals surface area contributed by atoms with Gasteiger partial charge in [-0.2, -0.15) is 0 Å². The van der Waals surface area contributed by atoms with Gasteiger partial charge in [0.15, 0.2) is 0 Å². The topological polar surface area (TPSA) is 153 Å². The summed E-state index contributed by atoms with van der Waals surface area (Å²) in [5.74, 6) is -5.07. The molecule has 1 unspecified atom stereocenters. The number of para-hydroxylation sites is 1. The molecule has 0 bridgehead atoms. The second kappa shape index (κ2) is 12.9. The number of nitrogens with zero attached hydrogens (tertiary/aromatic N) is 1.